The summed E-state index contributed by atoms with van der Waals surface area (Å²) in [7, 11) is 1.90. The van der Waals surface area contributed by atoms with E-state index in [1.165, 1.54) is 23.1 Å². The van der Waals surface area contributed by atoms with Crippen molar-refractivity contribution in [2.45, 2.75) is 54.4 Å². The van der Waals surface area contributed by atoms with Crippen LogP contribution in [-0.4, -0.2) is 65.6 Å². The summed E-state index contributed by atoms with van der Waals surface area (Å²) in [5.74, 6) is -6.99. The number of carbonyl (C=O) groups is 2. The largest absolute Gasteiger partial charge is 0.486 e. The monoisotopic (exact) mass is 727 g/mol. The standard InChI is InChI=1S/C38H38F5N3O4S/c1-24-20-46(25(2)23-47)35(48)31-10-7-11-32(44-36(49)37(39,40)27-14-16-28(17-15-27)38(41,42)43)34(31)50-33(24)22-45(3)21-26-12-18-30(19-13-26)51-29-8-5-4-6-9-29/h4-19,24-25,33,47H,20-23H2,1-3H3,(H,44,49)/t24-,25+,33-/m1/s1. The molecule has 51 heavy (non-hydrogen) atoms. The third kappa shape index (κ3) is 9.07. The van der Waals surface area contributed by atoms with Gasteiger partial charge in [0.05, 0.1) is 29.5 Å². The van der Waals surface area contributed by atoms with E-state index in [1.54, 1.807) is 18.7 Å². The van der Waals surface area contributed by atoms with Crippen molar-refractivity contribution in [1.82, 2.24) is 9.80 Å². The van der Waals surface area contributed by atoms with E-state index in [-0.39, 0.29) is 36.1 Å². The van der Waals surface area contributed by atoms with Crippen LogP contribution in [0, 0.1) is 5.92 Å². The minimum Gasteiger partial charge on any atom is -0.486 e. The number of likely N-dealkylation sites (N-methyl/N-ethyl adjacent to an activating group) is 1. The smallest absolute Gasteiger partial charge is 0.416 e. The van der Waals surface area contributed by atoms with Gasteiger partial charge in [0.25, 0.3) is 11.8 Å². The highest BCUT2D eigenvalue weighted by Gasteiger charge is 2.43. The first kappa shape index (κ1) is 37.8. The maximum absolute atomic E-state index is 15.3. The molecule has 2 N–H and O–H groups in total. The molecule has 0 spiro atoms. The number of aliphatic hydroxyl groups is 1. The number of nitrogens with one attached hydrogen (secondary N) is 1. The van der Waals surface area contributed by atoms with Gasteiger partial charge < -0.3 is 20.1 Å². The molecule has 0 fully saturated rings. The lowest BCUT2D eigenvalue weighted by Crippen LogP contribution is -2.49. The predicted octanol–water partition coefficient (Wildman–Crippen LogP) is 7.94. The summed E-state index contributed by atoms with van der Waals surface area (Å²) < 4.78 is 76.2. The number of rotatable bonds is 11. The number of halogens is 5. The summed E-state index contributed by atoms with van der Waals surface area (Å²) in [5.41, 5.74) is -1.24. The van der Waals surface area contributed by atoms with Crippen LogP contribution in [0.4, 0.5) is 27.6 Å². The van der Waals surface area contributed by atoms with Crippen molar-refractivity contribution < 1.29 is 41.4 Å². The Bertz CT molecular complexity index is 1810. The molecule has 2 amide bonds. The van der Waals surface area contributed by atoms with E-state index in [0.29, 0.717) is 37.4 Å². The first-order valence-corrected chi connectivity index (χ1v) is 17.1. The first-order valence-electron chi connectivity index (χ1n) is 16.3. The minimum absolute atomic E-state index is 0.00277. The van der Waals surface area contributed by atoms with E-state index in [1.807, 2.05) is 73.5 Å². The van der Waals surface area contributed by atoms with Crippen LogP contribution < -0.4 is 10.1 Å². The first-order chi connectivity index (χ1) is 24.2. The van der Waals surface area contributed by atoms with Gasteiger partial charge in [0.2, 0.25) is 0 Å². The van der Waals surface area contributed by atoms with Crippen molar-refractivity contribution in [2.75, 3.05) is 32.1 Å². The molecule has 5 rings (SSSR count). The van der Waals surface area contributed by atoms with Crippen LogP contribution in [0.3, 0.4) is 0 Å². The lowest BCUT2D eigenvalue weighted by molar-refractivity contribution is -0.141. The van der Waals surface area contributed by atoms with Gasteiger partial charge in [-0.05, 0) is 68.1 Å². The molecule has 4 aromatic carbocycles. The number of anilines is 1. The number of alkyl halides is 5. The van der Waals surface area contributed by atoms with Gasteiger partial charge in [-0.3, -0.25) is 14.5 Å². The Labute approximate surface area is 297 Å². The molecule has 0 aromatic heterocycles. The van der Waals surface area contributed by atoms with Crippen molar-refractivity contribution >= 4 is 29.3 Å². The van der Waals surface area contributed by atoms with E-state index >= 15 is 8.78 Å². The van der Waals surface area contributed by atoms with Gasteiger partial charge >= 0.3 is 12.1 Å². The number of para-hydroxylation sites is 1. The zero-order chi connectivity index (χ0) is 36.9. The van der Waals surface area contributed by atoms with E-state index in [9.17, 15) is 27.9 Å². The maximum atomic E-state index is 15.3. The van der Waals surface area contributed by atoms with Gasteiger partial charge in [-0.2, -0.15) is 22.0 Å². The van der Waals surface area contributed by atoms with Crippen molar-refractivity contribution in [3.05, 3.63) is 119 Å². The van der Waals surface area contributed by atoms with Crippen LogP contribution in [0.25, 0.3) is 0 Å². The summed E-state index contributed by atoms with van der Waals surface area (Å²) in [6.07, 6.45) is -5.34. The predicted molar refractivity (Wildman–Crippen MR) is 185 cm³/mol. The Balaban J connectivity index is 1.38. The van der Waals surface area contributed by atoms with Crippen LogP contribution in [0.2, 0.25) is 0 Å². The van der Waals surface area contributed by atoms with E-state index in [0.717, 1.165) is 15.4 Å². The molecule has 4 aromatic rings. The molecular weight excluding hydrogens is 689 g/mol. The fraction of sp³-hybridized carbons (Fsp3) is 0.316. The summed E-state index contributed by atoms with van der Waals surface area (Å²) in [5, 5.41) is 12.1. The molecule has 1 aliphatic rings. The zero-order valence-corrected chi connectivity index (χ0v) is 29.0. The molecule has 0 bridgehead atoms. The zero-order valence-electron chi connectivity index (χ0n) is 28.2. The lowest BCUT2D eigenvalue weighted by atomic mass is 9.98. The van der Waals surface area contributed by atoms with E-state index in [2.05, 4.69) is 5.32 Å². The van der Waals surface area contributed by atoms with Gasteiger partial charge in [-0.1, -0.05) is 67.2 Å². The molecule has 1 heterocycles. The molecule has 0 unspecified atom stereocenters. The van der Waals surface area contributed by atoms with Crippen LogP contribution in [0.15, 0.2) is 107 Å². The third-order valence-corrected chi connectivity index (χ3v) is 9.66. The number of nitrogens with zero attached hydrogens (tertiary/aromatic N) is 2. The molecule has 7 nitrogen and oxygen atoms in total. The second kappa shape index (κ2) is 15.8. The average Bonchev–Trinajstić information content (AvgIpc) is 3.10. The number of benzene rings is 4. The Morgan fingerprint density at radius 3 is 2.20 bits per heavy atom. The number of ether oxygens (including phenoxy) is 1. The second-order valence-corrected chi connectivity index (χ2v) is 13.8. The SMILES string of the molecule is C[C@@H]1CN([C@@H](C)CO)C(=O)c2cccc(NC(=O)C(F)(F)c3ccc(C(F)(F)F)cc3)c2O[C@@H]1CN(C)Cc1ccc(Sc2ccccc2)cc1. The minimum atomic E-state index is -4.74. The topological polar surface area (TPSA) is 82.1 Å². The molecule has 1 aliphatic heterocycles. The summed E-state index contributed by atoms with van der Waals surface area (Å²) >= 11 is 1.65. The van der Waals surface area contributed by atoms with Gasteiger partial charge in [0.1, 0.15) is 6.10 Å². The number of fused-ring (bicyclic) bond motifs is 1. The molecular formula is C38H38F5N3O4S. The molecule has 0 radical (unpaired) electrons. The van der Waals surface area contributed by atoms with Crippen LogP contribution in [-0.2, 0) is 23.4 Å². The van der Waals surface area contributed by atoms with Gasteiger partial charge in [-0.15, -0.1) is 0 Å². The number of aliphatic hydroxyl groups excluding tert-OH is 1. The molecule has 3 atom stereocenters. The number of amides is 2. The van der Waals surface area contributed by atoms with Crippen molar-refractivity contribution in [3.8, 4) is 5.75 Å². The lowest BCUT2D eigenvalue weighted by Gasteiger charge is -2.38. The maximum Gasteiger partial charge on any atom is 0.416 e. The highest BCUT2D eigenvalue weighted by Crippen LogP contribution is 2.38. The van der Waals surface area contributed by atoms with Gasteiger partial charge in [-0.25, -0.2) is 0 Å². The van der Waals surface area contributed by atoms with Crippen molar-refractivity contribution in [2.24, 2.45) is 5.92 Å². The molecule has 270 valence electrons. The summed E-state index contributed by atoms with van der Waals surface area (Å²) in [6, 6.07) is 23.8. The Hall–Kier alpha value is -4.46. The number of hydrogen-bond acceptors (Lipinski definition) is 6. The normalized spacial score (nSPS) is 17.3. The Morgan fingerprint density at radius 1 is 0.941 bits per heavy atom. The van der Waals surface area contributed by atoms with Crippen molar-refractivity contribution in [1.29, 1.82) is 0 Å². The second-order valence-electron chi connectivity index (χ2n) is 12.7. The highest BCUT2D eigenvalue weighted by molar-refractivity contribution is 7.99. The third-order valence-electron chi connectivity index (χ3n) is 8.65. The Morgan fingerprint density at radius 2 is 1.57 bits per heavy atom. The molecule has 13 heteroatoms. The average molecular weight is 728 g/mol. The molecule has 0 saturated heterocycles. The molecule has 0 saturated carbocycles. The van der Waals surface area contributed by atoms with Crippen LogP contribution in [0.1, 0.15) is 40.9 Å². The van der Waals surface area contributed by atoms with Gasteiger partial charge in [0.15, 0.2) is 5.75 Å². The quantitative estimate of drug-likeness (QED) is 0.153. The number of carbonyl (C=O) groups excluding carboxylic acids is 2. The fourth-order valence-electron chi connectivity index (χ4n) is 5.73. The Kier molecular flexibility index (Phi) is 11.7. The van der Waals surface area contributed by atoms with E-state index in [4.69, 9.17) is 4.74 Å². The number of hydrogen-bond donors (Lipinski definition) is 2. The van der Waals surface area contributed by atoms with Gasteiger partial charge in [0, 0.05) is 40.9 Å². The summed E-state index contributed by atoms with van der Waals surface area (Å²) in [4.78, 5) is 32.6. The van der Waals surface area contributed by atoms with E-state index < -0.39 is 47.2 Å². The van der Waals surface area contributed by atoms with Crippen molar-refractivity contribution in [3.63, 3.8) is 0 Å². The highest BCUT2D eigenvalue weighted by atomic mass is 32.2. The fourth-order valence-corrected chi connectivity index (χ4v) is 6.57. The molecule has 0 aliphatic carbocycles. The van der Waals surface area contributed by atoms with Crippen LogP contribution >= 0.6 is 11.8 Å². The van der Waals surface area contributed by atoms with Crippen LogP contribution in [0.5, 0.6) is 5.75 Å². The summed E-state index contributed by atoms with van der Waals surface area (Å²) in [6.45, 7) is 4.36.